The first-order chi connectivity index (χ1) is 7.91. The average Bonchev–Trinajstić information content (AvgIpc) is 2.31. The molecule has 0 aliphatic heterocycles. The molecule has 0 atom stereocenters. The predicted molar refractivity (Wildman–Crippen MR) is 76.8 cm³/mol. The van der Waals surface area contributed by atoms with Crippen molar-refractivity contribution in [1.29, 1.82) is 0 Å². The molecule has 0 aromatic carbocycles. The molecule has 0 unspecified atom stereocenters. The number of unbranched alkanes of at least 4 members (excludes halogenated alkanes) is 2. The Morgan fingerprint density at radius 1 is 0.688 bits per heavy atom. The summed E-state index contributed by atoms with van der Waals surface area (Å²) in [7, 11) is 0. The fraction of sp³-hybridized carbons (Fsp3) is 0.833. The van der Waals surface area contributed by atoms with E-state index in [0.717, 1.165) is 36.7 Å². The van der Waals surface area contributed by atoms with Gasteiger partial charge in [-0.3, -0.25) is 0 Å². The molecule has 2 nitrogen and oxygen atoms in total. The molecule has 0 aliphatic rings. The number of hydrogen-bond acceptors (Lipinski definition) is 2. The summed E-state index contributed by atoms with van der Waals surface area (Å²) in [6, 6.07) is 0. The molecule has 16 heavy (non-hydrogen) atoms. The highest BCUT2D eigenvalue weighted by Crippen LogP contribution is 1.95. The Morgan fingerprint density at radius 2 is 1.12 bits per heavy atom. The van der Waals surface area contributed by atoms with Crippen LogP contribution in [0.4, 0.5) is 0 Å². The van der Waals surface area contributed by atoms with Crippen molar-refractivity contribution in [3.8, 4) is 0 Å². The Kier molecular flexibility index (Phi) is 16.2. The van der Waals surface area contributed by atoms with E-state index in [1.165, 1.54) is 12.8 Å². The highest BCUT2D eigenvalue weighted by atomic mass is 79.9. The van der Waals surface area contributed by atoms with Gasteiger partial charge in [0.1, 0.15) is 0 Å². The van der Waals surface area contributed by atoms with Gasteiger partial charge in [-0.05, 0) is 25.7 Å². The first-order valence-electron chi connectivity index (χ1n) is 5.84. The zero-order chi connectivity index (χ0) is 11.9. The van der Waals surface area contributed by atoms with E-state index in [0.29, 0.717) is 13.2 Å². The zero-order valence-electron chi connectivity index (χ0n) is 9.80. The summed E-state index contributed by atoms with van der Waals surface area (Å²) >= 11 is 6.78. The highest BCUT2D eigenvalue weighted by Gasteiger charge is 1.87. The van der Waals surface area contributed by atoms with Gasteiger partial charge in [0.2, 0.25) is 0 Å². The maximum atomic E-state index is 5.41. The van der Waals surface area contributed by atoms with E-state index in [4.69, 9.17) is 9.47 Å². The van der Waals surface area contributed by atoms with Crippen molar-refractivity contribution in [1.82, 2.24) is 0 Å². The zero-order valence-corrected chi connectivity index (χ0v) is 13.0. The van der Waals surface area contributed by atoms with Gasteiger partial charge < -0.3 is 9.47 Å². The highest BCUT2D eigenvalue weighted by molar-refractivity contribution is 9.09. The lowest BCUT2D eigenvalue weighted by atomic mass is 10.4. The summed E-state index contributed by atoms with van der Waals surface area (Å²) < 4.78 is 10.8. The minimum absolute atomic E-state index is 0.701. The minimum Gasteiger partial charge on any atom is -0.377 e. The van der Waals surface area contributed by atoms with E-state index in [1.807, 2.05) is 12.2 Å². The number of ether oxygens (including phenoxy) is 2. The molecule has 0 spiro atoms. The van der Waals surface area contributed by atoms with E-state index in [1.54, 1.807) is 0 Å². The lowest BCUT2D eigenvalue weighted by molar-refractivity contribution is 0.151. The third-order valence-corrected chi connectivity index (χ3v) is 3.06. The number of rotatable bonds is 12. The molecule has 0 saturated heterocycles. The van der Waals surface area contributed by atoms with Gasteiger partial charge in [0.15, 0.2) is 0 Å². The molecule has 0 heterocycles. The largest absolute Gasteiger partial charge is 0.377 e. The Labute approximate surface area is 116 Å². The van der Waals surface area contributed by atoms with Crippen molar-refractivity contribution in [3.63, 3.8) is 0 Å². The summed E-state index contributed by atoms with van der Waals surface area (Å²) in [4.78, 5) is 0. The van der Waals surface area contributed by atoms with Crippen molar-refractivity contribution < 1.29 is 9.47 Å². The summed E-state index contributed by atoms with van der Waals surface area (Å²) in [5.41, 5.74) is 0. The molecular weight excluding hydrogens is 336 g/mol. The smallest absolute Gasteiger partial charge is 0.0648 e. The van der Waals surface area contributed by atoms with Gasteiger partial charge in [-0.15, -0.1) is 0 Å². The molecule has 0 N–H and O–H groups in total. The van der Waals surface area contributed by atoms with Crippen molar-refractivity contribution in [2.24, 2.45) is 0 Å². The topological polar surface area (TPSA) is 18.5 Å². The van der Waals surface area contributed by atoms with Crippen LogP contribution in [-0.4, -0.2) is 37.1 Å². The summed E-state index contributed by atoms with van der Waals surface area (Å²) in [5.74, 6) is 0. The molecule has 0 radical (unpaired) electrons. The number of alkyl halides is 2. The van der Waals surface area contributed by atoms with Crippen molar-refractivity contribution in [2.75, 3.05) is 37.1 Å². The second kappa shape index (κ2) is 15.6. The fourth-order valence-corrected chi connectivity index (χ4v) is 1.83. The van der Waals surface area contributed by atoms with E-state index in [2.05, 4.69) is 31.9 Å². The van der Waals surface area contributed by atoms with Gasteiger partial charge >= 0.3 is 0 Å². The predicted octanol–water partition coefficient (Wildman–Crippen LogP) is 3.93. The SMILES string of the molecule is BrCCCCOCC=CCOCCCCBr. The van der Waals surface area contributed by atoms with Crippen LogP contribution in [0, 0.1) is 0 Å². The molecule has 0 amide bonds. The third-order valence-electron chi connectivity index (χ3n) is 1.94. The normalized spacial score (nSPS) is 11.4. The number of hydrogen-bond donors (Lipinski definition) is 0. The molecule has 0 rings (SSSR count). The van der Waals surface area contributed by atoms with E-state index in [-0.39, 0.29) is 0 Å². The maximum absolute atomic E-state index is 5.41. The number of halogens is 2. The average molecular weight is 358 g/mol. The first-order valence-corrected chi connectivity index (χ1v) is 8.08. The Balaban J connectivity index is 2.98. The van der Waals surface area contributed by atoms with E-state index < -0.39 is 0 Å². The molecule has 0 bridgehead atoms. The van der Waals surface area contributed by atoms with E-state index in [9.17, 15) is 0 Å². The molecule has 0 saturated carbocycles. The molecular formula is C12H22Br2O2. The van der Waals surface area contributed by atoms with Gasteiger partial charge in [-0.25, -0.2) is 0 Å². The van der Waals surface area contributed by atoms with Gasteiger partial charge in [0.25, 0.3) is 0 Å². The quantitative estimate of drug-likeness (QED) is 0.299. The summed E-state index contributed by atoms with van der Waals surface area (Å²) in [6.07, 6.45) is 8.67. The summed E-state index contributed by atoms with van der Waals surface area (Å²) in [5, 5.41) is 2.13. The van der Waals surface area contributed by atoms with Gasteiger partial charge in [-0.1, -0.05) is 44.0 Å². The van der Waals surface area contributed by atoms with Crippen LogP contribution < -0.4 is 0 Å². The van der Waals surface area contributed by atoms with Crippen molar-refractivity contribution >= 4 is 31.9 Å². The molecule has 0 aromatic rings. The molecule has 96 valence electrons. The second-order valence-corrected chi connectivity index (χ2v) is 5.00. The Morgan fingerprint density at radius 3 is 1.50 bits per heavy atom. The third kappa shape index (κ3) is 14.6. The lowest BCUT2D eigenvalue weighted by Gasteiger charge is -2.00. The standard InChI is InChI=1S/C12H22Br2O2/c13-7-1-3-9-15-11-5-6-12-16-10-4-2-8-14/h5-6H,1-4,7-12H2. The van der Waals surface area contributed by atoms with Crippen LogP contribution in [-0.2, 0) is 9.47 Å². The van der Waals surface area contributed by atoms with Gasteiger partial charge in [-0.2, -0.15) is 0 Å². The van der Waals surface area contributed by atoms with Crippen LogP contribution in [0.2, 0.25) is 0 Å². The fourth-order valence-electron chi connectivity index (χ4n) is 1.04. The molecule has 0 aliphatic carbocycles. The Bertz CT molecular complexity index is 136. The van der Waals surface area contributed by atoms with Crippen LogP contribution in [0.15, 0.2) is 12.2 Å². The van der Waals surface area contributed by atoms with Crippen LogP contribution >= 0.6 is 31.9 Å². The first kappa shape index (κ1) is 16.6. The maximum Gasteiger partial charge on any atom is 0.0648 e. The van der Waals surface area contributed by atoms with Crippen molar-refractivity contribution in [3.05, 3.63) is 12.2 Å². The van der Waals surface area contributed by atoms with Crippen LogP contribution in [0.25, 0.3) is 0 Å². The van der Waals surface area contributed by atoms with Crippen LogP contribution in [0.1, 0.15) is 25.7 Å². The van der Waals surface area contributed by atoms with Crippen LogP contribution in [0.3, 0.4) is 0 Å². The van der Waals surface area contributed by atoms with Gasteiger partial charge in [0, 0.05) is 23.9 Å². The molecule has 0 fully saturated rings. The summed E-state index contributed by atoms with van der Waals surface area (Å²) in [6.45, 7) is 3.10. The lowest BCUT2D eigenvalue weighted by Crippen LogP contribution is -1.97. The molecule has 4 heteroatoms. The Hall–Kier alpha value is 0.620. The van der Waals surface area contributed by atoms with E-state index >= 15 is 0 Å². The monoisotopic (exact) mass is 356 g/mol. The van der Waals surface area contributed by atoms with Crippen molar-refractivity contribution in [2.45, 2.75) is 25.7 Å². The molecule has 0 aromatic heterocycles. The minimum atomic E-state index is 0.701. The second-order valence-electron chi connectivity index (χ2n) is 3.41. The van der Waals surface area contributed by atoms with Crippen LogP contribution in [0.5, 0.6) is 0 Å². The van der Waals surface area contributed by atoms with Gasteiger partial charge in [0.05, 0.1) is 13.2 Å².